The Hall–Kier alpha value is -4.41. The van der Waals surface area contributed by atoms with Crippen LogP contribution in [-0.2, 0) is 11.3 Å². The SMILES string of the molecule is CCOC(=O)N(Cc1ccc(OC(F)(F)F)cc1)CC1(O)CCC2C34C=CC5(C=C3C(=O)c3ccccc3-c3ccccc3)CC(O)CCC5(C)C4CCC21C. The molecule has 8 atom stereocenters. The Morgan fingerprint density at radius 3 is 2.23 bits per heavy atom. The third-order valence-electron chi connectivity index (χ3n) is 14.7. The van der Waals surface area contributed by atoms with E-state index in [2.05, 4.69) is 36.8 Å². The van der Waals surface area contributed by atoms with Gasteiger partial charge in [-0.15, -0.1) is 13.2 Å². The summed E-state index contributed by atoms with van der Waals surface area (Å²) in [6, 6.07) is 23.0. The zero-order valence-electron chi connectivity index (χ0n) is 32.1. The second-order valence-corrected chi connectivity index (χ2v) is 17.3. The molecule has 0 saturated heterocycles. The van der Waals surface area contributed by atoms with Crippen molar-refractivity contribution in [3.05, 3.63) is 114 Å². The minimum Gasteiger partial charge on any atom is -0.450 e. The van der Waals surface area contributed by atoms with Crippen LogP contribution in [0.2, 0.25) is 0 Å². The summed E-state index contributed by atoms with van der Waals surface area (Å²) >= 11 is 0. The molecule has 0 radical (unpaired) electrons. The van der Waals surface area contributed by atoms with E-state index >= 15 is 4.79 Å². The fourth-order valence-electron chi connectivity index (χ4n) is 12.0. The third kappa shape index (κ3) is 5.92. The molecular weight excluding hydrogens is 720 g/mol. The standard InChI is InChI=1S/C46H50F3NO6/c1-4-55-40(53)50(28-30-14-16-33(17-15-30)56-46(47,48)49)29-44(54)23-20-38-42(44,3)22-19-37-41(2)21-18-32(51)26-43(41)24-25-45(37,38)36(27-43)39(52)35-13-9-8-12-34(35)31-10-6-5-7-11-31/h5-17,24-25,27,32,37-38,51,54H,4,18-23,26,28-29H2,1-3H3. The normalized spacial score (nSPS) is 34.1. The average molecular weight is 770 g/mol. The van der Waals surface area contributed by atoms with E-state index < -0.39 is 40.4 Å². The number of halogens is 3. The van der Waals surface area contributed by atoms with E-state index in [0.717, 1.165) is 29.5 Å². The van der Waals surface area contributed by atoms with Crippen LogP contribution in [0.1, 0.15) is 81.6 Å². The van der Waals surface area contributed by atoms with Crippen LogP contribution >= 0.6 is 0 Å². The summed E-state index contributed by atoms with van der Waals surface area (Å²) < 4.78 is 48.1. The first-order chi connectivity index (χ1) is 26.6. The van der Waals surface area contributed by atoms with Gasteiger partial charge in [0.25, 0.3) is 0 Å². The lowest BCUT2D eigenvalue weighted by atomic mass is 9.32. The van der Waals surface area contributed by atoms with Crippen molar-refractivity contribution in [1.29, 1.82) is 0 Å². The Labute approximate surface area is 326 Å². The summed E-state index contributed by atoms with van der Waals surface area (Å²) in [4.78, 5) is 30.4. The lowest BCUT2D eigenvalue weighted by molar-refractivity contribution is -0.274. The molecule has 0 aromatic heterocycles. The van der Waals surface area contributed by atoms with Crippen LogP contribution in [0.25, 0.3) is 11.1 Å². The van der Waals surface area contributed by atoms with Crippen molar-refractivity contribution in [3.8, 4) is 16.9 Å². The fraction of sp³-hybridized carbons (Fsp3) is 0.478. The van der Waals surface area contributed by atoms with Crippen LogP contribution in [0, 0.1) is 33.5 Å². The Morgan fingerprint density at radius 2 is 1.52 bits per heavy atom. The van der Waals surface area contributed by atoms with E-state index in [9.17, 15) is 28.2 Å². The molecule has 8 unspecified atom stereocenters. The van der Waals surface area contributed by atoms with Crippen molar-refractivity contribution in [2.45, 2.75) is 90.3 Å². The van der Waals surface area contributed by atoms with Crippen molar-refractivity contribution in [3.63, 3.8) is 0 Å². The number of nitrogens with zero attached hydrogens (tertiary/aromatic N) is 1. The number of aliphatic hydroxyl groups is 2. The molecule has 6 aliphatic carbocycles. The van der Waals surface area contributed by atoms with Gasteiger partial charge < -0.3 is 24.6 Å². The van der Waals surface area contributed by atoms with Crippen LogP contribution in [0.5, 0.6) is 5.75 Å². The van der Waals surface area contributed by atoms with Crippen molar-refractivity contribution in [1.82, 2.24) is 4.90 Å². The summed E-state index contributed by atoms with van der Waals surface area (Å²) in [7, 11) is 0. The van der Waals surface area contributed by atoms with Crippen molar-refractivity contribution < 1.29 is 42.4 Å². The number of rotatable bonds is 9. The number of alkyl halides is 3. The van der Waals surface area contributed by atoms with E-state index in [1.807, 2.05) is 54.6 Å². The van der Waals surface area contributed by atoms with Crippen LogP contribution in [0.3, 0.4) is 0 Å². The largest absolute Gasteiger partial charge is 0.573 e. The van der Waals surface area contributed by atoms with Gasteiger partial charge in [-0.2, -0.15) is 0 Å². The quantitative estimate of drug-likeness (QED) is 0.166. The molecule has 2 bridgehead atoms. The molecule has 0 heterocycles. The Kier molecular flexibility index (Phi) is 9.35. The molecule has 56 heavy (non-hydrogen) atoms. The number of carbonyl (C=O) groups is 2. The number of hydrogen-bond donors (Lipinski definition) is 2. The van der Waals surface area contributed by atoms with Crippen LogP contribution in [-0.4, -0.2) is 58.2 Å². The van der Waals surface area contributed by atoms with Crippen molar-refractivity contribution >= 4 is 11.9 Å². The van der Waals surface area contributed by atoms with Crippen molar-refractivity contribution in [2.75, 3.05) is 13.2 Å². The number of amides is 1. The second-order valence-electron chi connectivity index (χ2n) is 17.3. The molecule has 296 valence electrons. The molecule has 3 aromatic rings. The molecule has 6 aliphatic rings. The first kappa shape index (κ1) is 38.5. The minimum absolute atomic E-state index is 0.00465. The van der Waals surface area contributed by atoms with Crippen LogP contribution in [0.4, 0.5) is 18.0 Å². The van der Waals surface area contributed by atoms with Crippen molar-refractivity contribution in [2.24, 2.45) is 33.5 Å². The molecule has 3 aromatic carbocycles. The number of allylic oxidation sites excluding steroid dienone is 4. The predicted octanol–water partition coefficient (Wildman–Crippen LogP) is 9.68. The van der Waals surface area contributed by atoms with E-state index in [0.29, 0.717) is 43.2 Å². The summed E-state index contributed by atoms with van der Waals surface area (Å²) in [5.41, 5.74) is 0.190. The smallest absolute Gasteiger partial charge is 0.450 e. The van der Waals surface area contributed by atoms with Gasteiger partial charge in [-0.1, -0.05) is 98.8 Å². The highest BCUT2D eigenvalue weighted by molar-refractivity contribution is 6.14. The monoisotopic (exact) mass is 769 g/mol. The minimum atomic E-state index is -4.83. The Bertz CT molecular complexity index is 2070. The predicted molar refractivity (Wildman–Crippen MR) is 205 cm³/mol. The summed E-state index contributed by atoms with van der Waals surface area (Å²) in [5, 5.41) is 24.1. The van der Waals surface area contributed by atoms with Gasteiger partial charge in [0.1, 0.15) is 5.75 Å². The molecule has 2 spiro atoms. The number of aliphatic hydroxyl groups excluding tert-OH is 1. The number of ketones is 1. The van der Waals surface area contributed by atoms with Gasteiger partial charge in [0.05, 0.1) is 24.9 Å². The van der Waals surface area contributed by atoms with E-state index in [1.165, 1.54) is 29.2 Å². The van der Waals surface area contributed by atoms with E-state index in [1.54, 1.807) is 6.92 Å². The zero-order valence-corrected chi connectivity index (χ0v) is 32.1. The van der Waals surface area contributed by atoms with E-state index in [-0.39, 0.29) is 48.5 Å². The van der Waals surface area contributed by atoms with Gasteiger partial charge in [-0.25, -0.2) is 4.79 Å². The molecular formula is C46H50F3NO6. The highest BCUT2D eigenvalue weighted by Crippen LogP contribution is 2.78. The van der Waals surface area contributed by atoms with Gasteiger partial charge in [-0.05, 0) is 97.9 Å². The van der Waals surface area contributed by atoms with Gasteiger partial charge in [-0.3, -0.25) is 4.79 Å². The highest BCUT2D eigenvalue weighted by atomic mass is 19.4. The summed E-state index contributed by atoms with van der Waals surface area (Å²) in [6.07, 6.45) is 5.29. The number of hydrogen-bond acceptors (Lipinski definition) is 6. The number of ether oxygens (including phenoxy) is 2. The third-order valence-corrected chi connectivity index (χ3v) is 14.7. The topological polar surface area (TPSA) is 96.3 Å². The second kappa shape index (κ2) is 13.6. The van der Waals surface area contributed by atoms with Crippen LogP contribution in [0.15, 0.2) is 103 Å². The van der Waals surface area contributed by atoms with Gasteiger partial charge in [0, 0.05) is 33.9 Å². The average Bonchev–Trinajstić information content (AvgIpc) is 3.44. The van der Waals surface area contributed by atoms with Crippen LogP contribution < -0.4 is 4.74 Å². The molecule has 3 saturated carbocycles. The molecule has 9 rings (SSSR count). The number of Topliss-reactive ketones (excluding diaryl/α,β-unsaturated/α-hetero) is 1. The number of carbonyl (C=O) groups excluding carboxylic acids is 2. The van der Waals surface area contributed by atoms with E-state index in [4.69, 9.17) is 4.74 Å². The maximum atomic E-state index is 15.4. The highest BCUT2D eigenvalue weighted by Gasteiger charge is 2.74. The zero-order chi connectivity index (χ0) is 39.7. The first-order valence-corrected chi connectivity index (χ1v) is 19.9. The molecule has 2 N–H and O–H groups in total. The molecule has 10 heteroatoms. The number of benzene rings is 3. The lowest BCUT2D eigenvalue weighted by Gasteiger charge is -2.71. The maximum absolute atomic E-state index is 15.4. The molecule has 7 nitrogen and oxygen atoms in total. The Balaban J connectivity index is 1.19. The lowest BCUT2D eigenvalue weighted by Crippen LogP contribution is -2.67. The fourth-order valence-corrected chi connectivity index (χ4v) is 12.0. The maximum Gasteiger partial charge on any atom is 0.573 e. The molecule has 1 amide bonds. The first-order valence-electron chi connectivity index (χ1n) is 19.9. The summed E-state index contributed by atoms with van der Waals surface area (Å²) in [5.74, 6) is -0.475. The van der Waals surface area contributed by atoms with Gasteiger partial charge in [0.2, 0.25) is 0 Å². The molecule has 0 aliphatic heterocycles. The summed E-state index contributed by atoms with van der Waals surface area (Å²) in [6.45, 7) is 6.21. The van der Waals surface area contributed by atoms with Gasteiger partial charge >= 0.3 is 12.5 Å². The number of fused-ring (bicyclic) bond motifs is 1. The Morgan fingerprint density at radius 1 is 0.857 bits per heavy atom. The molecule has 3 fully saturated rings. The van der Waals surface area contributed by atoms with Gasteiger partial charge in [0.15, 0.2) is 5.78 Å².